The predicted octanol–water partition coefficient (Wildman–Crippen LogP) is 2.90. The number of H-pyrrole nitrogens is 1. The Morgan fingerprint density at radius 2 is 2.09 bits per heavy atom. The second-order valence-electron chi connectivity index (χ2n) is 6.94. The minimum Gasteiger partial charge on any atom is -0.482 e. The molecule has 1 aliphatic rings. The number of carbonyl (C=O) groups excluding carboxylic acids is 2. The van der Waals surface area contributed by atoms with Crippen molar-refractivity contribution in [2.45, 2.75) is 11.4 Å². The molecule has 0 radical (unpaired) electrons. The Bertz CT molecular complexity index is 1470. The van der Waals surface area contributed by atoms with Crippen molar-refractivity contribution in [1.29, 1.82) is 0 Å². The monoisotopic (exact) mass is 556 g/mol. The second kappa shape index (κ2) is 10.9. The zero-order valence-electron chi connectivity index (χ0n) is 17.6. The number of thiophene rings is 1. The van der Waals surface area contributed by atoms with Crippen molar-refractivity contribution in [3.63, 3.8) is 0 Å². The molecule has 1 aromatic carbocycles. The van der Waals surface area contributed by atoms with Crippen LogP contribution < -0.4 is 21.1 Å². The molecule has 35 heavy (non-hydrogen) atoms. The van der Waals surface area contributed by atoms with Gasteiger partial charge in [-0.05, 0) is 29.1 Å². The van der Waals surface area contributed by atoms with Gasteiger partial charge in [-0.3, -0.25) is 9.59 Å². The molecule has 0 saturated heterocycles. The number of aromatic amines is 1. The van der Waals surface area contributed by atoms with E-state index in [1.165, 1.54) is 29.1 Å². The van der Waals surface area contributed by atoms with Crippen molar-refractivity contribution < 1.29 is 22.7 Å². The number of nitrogens with one attached hydrogen (secondary N) is 3. The van der Waals surface area contributed by atoms with Crippen LogP contribution in [0.3, 0.4) is 0 Å². The van der Waals surface area contributed by atoms with Crippen LogP contribution in [0.4, 0.5) is 11.4 Å². The molecule has 1 aliphatic heterocycles. The maximum absolute atomic E-state index is 12.4. The molecule has 0 spiro atoms. The van der Waals surface area contributed by atoms with Gasteiger partial charge in [-0.1, -0.05) is 6.07 Å². The molecule has 0 aliphatic carbocycles. The van der Waals surface area contributed by atoms with Gasteiger partial charge in [0.05, 0.1) is 21.8 Å². The fraction of sp³-hybridized carbons (Fsp3) is 0.100. The molecular weight excluding hydrogens is 539 g/mol. The van der Waals surface area contributed by atoms with Gasteiger partial charge in [-0.25, -0.2) is 18.4 Å². The van der Waals surface area contributed by atoms with Crippen LogP contribution in [0.25, 0.3) is 11.0 Å². The van der Waals surface area contributed by atoms with Gasteiger partial charge in [0.25, 0.3) is 20.9 Å². The van der Waals surface area contributed by atoms with Gasteiger partial charge in [0, 0.05) is 28.8 Å². The first-order chi connectivity index (χ1) is 16.2. The average molecular weight is 557 g/mol. The number of hydrogen-bond donors (Lipinski definition) is 4. The first-order valence-corrected chi connectivity index (χ1v) is 12.9. The van der Waals surface area contributed by atoms with Crippen LogP contribution in [0.1, 0.15) is 16.1 Å². The maximum atomic E-state index is 12.4. The zero-order valence-corrected chi connectivity index (χ0v) is 20.9. The largest absolute Gasteiger partial charge is 0.482 e. The molecule has 0 saturated carbocycles. The topological polar surface area (TPSA) is 169 Å². The number of halogens is 2. The highest BCUT2D eigenvalue weighted by Gasteiger charge is 2.18. The minimum atomic E-state index is -3.48. The van der Waals surface area contributed by atoms with Gasteiger partial charge >= 0.3 is 0 Å². The van der Waals surface area contributed by atoms with Crippen LogP contribution >= 0.6 is 34.4 Å². The number of aromatic nitrogens is 3. The second-order valence-corrected chi connectivity index (χ2v) is 10.3. The number of ether oxygens (including phenoxy) is 1. The number of amides is 2. The summed E-state index contributed by atoms with van der Waals surface area (Å²) >= 11 is 1.30. The van der Waals surface area contributed by atoms with E-state index in [0.29, 0.717) is 28.2 Å². The molecule has 0 fully saturated rings. The third-order valence-electron chi connectivity index (χ3n) is 4.61. The van der Waals surface area contributed by atoms with Crippen molar-refractivity contribution >= 4 is 77.7 Å². The number of nitrogens with two attached hydrogens (primary N) is 1. The van der Waals surface area contributed by atoms with E-state index in [2.05, 4.69) is 25.6 Å². The summed E-state index contributed by atoms with van der Waals surface area (Å²) in [5, 5.41) is 8.67. The average Bonchev–Trinajstić information content (AvgIpc) is 3.48. The summed E-state index contributed by atoms with van der Waals surface area (Å²) in [7, 11) is 1.50. The van der Waals surface area contributed by atoms with Crippen LogP contribution in [0.2, 0.25) is 0 Å². The molecule has 0 bridgehead atoms. The molecular formula is C20H18Cl2N6O5S2. The number of anilines is 2. The summed E-state index contributed by atoms with van der Waals surface area (Å²) in [4.78, 5) is 35.0. The van der Waals surface area contributed by atoms with E-state index in [1.54, 1.807) is 23.7 Å². The number of nitrogen functional groups attached to an aromatic ring is 1. The highest BCUT2D eigenvalue weighted by molar-refractivity contribution is 8.13. The molecule has 4 aromatic rings. The smallest absolute Gasteiger partial charge is 0.272 e. The lowest BCUT2D eigenvalue weighted by molar-refractivity contribution is -0.118. The molecule has 4 heterocycles. The molecule has 5 rings (SSSR count). The number of carbonyl (C=O) groups is 2. The molecule has 2 amide bonds. The van der Waals surface area contributed by atoms with E-state index in [-0.39, 0.29) is 48.0 Å². The van der Waals surface area contributed by atoms with Crippen LogP contribution in [0.15, 0.2) is 52.4 Å². The Morgan fingerprint density at radius 3 is 2.77 bits per heavy atom. The molecule has 0 unspecified atom stereocenters. The van der Waals surface area contributed by atoms with Crippen LogP contribution in [-0.4, -0.2) is 41.8 Å². The number of nitrogens with zero attached hydrogens (tertiary/aromatic N) is 2. The Balaban J connectivity index is 0.000000291. The lowest BCUT2D eigenvalue weighted by Crippen LogP contribution is -2.26. The van der Waals surface area contributed by atoms with Crippen molar-refractivity contribution in [2.75, 3.05) is 17.7 Å². The molecule has 184 valence electrons. The number of rotatable bonds is 4. The Morgan fingerprint density at radius 1 is 1.29 bits per heavy atom. The fourth-order valence-electron chi connectivity index (χ4n) is 3.03. The fourth-order valence-corrected chi connectivity index (χ4v) is 4.97. The van der Waals surface area contributed by atoms with Gasteiger partial charge < -0.3 is 26.1 Å². The zero-order chi connectivity index (χ0) is 24.3. The summed E-state index contributed by atoms with van der Waals surface area (Å²) in [5.74, 6) is 0.0442. The predicted molar refractivity (Wildman–Crippen MR) is 135 cm³/mol. The number of benzene rings is 1. The Kier molecular flexibility index (Phi) is 8.17. The van der Waals surface area contributed by atoms with Crippen molar-refractivity contribution in [1.82, 2.24) is 20.3 Å². The lowest BCUT2D eigenvalue weighted by Gasteiger charge is -2.18. The SMILES string of the molecule is Cl.Nc1c[nH]c2c(C(=O)NCc3ccc4c(c3)NC(=O)CO4)ncnc12.O=S(=O)(Cl)c1ccsc1. The highest BCUT2D eigenvalue weighted by atomic mass is 35.7. The van der Waals surface area contributed by atoms with Crippen molar-refractivity contribution in [3.8, 4) is 5.75 Å². The van der Waals surface area contributed by atoms with E-state index in [1.807, 2.05) is 6.07 Å². The highest BCUT2D eigenvalue weighted by Crippen LogP contribution is 2.28. The Labute approximate surface area is 213 Å². The van der Waals surface area contributed by atoms with Crippen molar-refractivity contribution in [3.05, 3.63) is 58.8 Å². The summed E-state index contributed by atoms with van der Waals surface area (Å²) < 4.78 is 26.2. The number of fused-ring (bicyclic) bond motifs is 2. The van der Waals surface area contributed by atoms with Crippen LogP contribution in [-0.2, 0) is 20.4 Å². The third-order valence-corrected chi connectivity index (χ3v) is 6.80. The number of hydrogen-bond acceptors (Lipinski definition) is 9. The maximum Gasteiger partial charge on any atom is 0.272 e. The van der Waals surface area contributed by atoms with Gasteiger partial charge in [0.15, 0.2) is 12.3 Å². The first-order valence-electron chi connectivity index (χ1n) is 9.60. The molecule has 11 nitrogen and oxygen atoms in total. The molecule has 0 atom stereocenters. The first kappa shape index (κ1) is 26.2. The molecule has 3 aromatic heterocycles. The van der Waals surface area contributed by atoms with Gasteiger partial charge in [0.2, 0.25) is 0 Å². The normalized spacial score (nSPS) is 12.3. The summed E-state index contributed by atoms with van der Waals surface area (Å²) in [6.45, 7) is 0.274. The summed E-state index contributed by atoms with van der Waals surface area (Å²) in [6.07, 6.45) is 2.87. The van der Waals surface area contributed by atoms with E-state index in [0.717, 1.165) is 5.56 Å². The molecule has 15 heteroatoms. The summed E-state index contributed by atoms with van der Waals surface area (Å²) in [6, 6.07) is 6.80. The Hall–Kier alpha value is -3.39. The van der Waals surface area contributed by atoms with Crippen molar-refractivity contribution in [2.24, 2.45) is 0 Å². The minimum absolute atomic E-state index is 0. The van der Waals surface area contributed by atoms with Gasteiger partial charge in [0.1, 0.15) is 17.6 Å². The van der Waals surface area contributed by atoms with E-state index < -0.39 is 9.05 Å². The van der Waals surface area contributed by atoms with Gasteiger partial charge in [-0.15, -0.1) is 12.4 Å². The third kappa shape index (κ3) is 6.19. The van der Waals surface area contributed by atoms with Crippen LogP contribution in [0, 0.1) is 0 Å². The summed E-state index contributed by atoms with van der Waals surface area (Å²) in [5.41, 5.74) is 8.86. The quantitative estimate of drug-likeness (QED) is 0.278. The van der Waals surface area contributed by atoms with E-state index in [4.69, 9.17) is 21.2 Å². The lowest BCUT2D eigenvalue weighted by atomic mass is 10.1. The van der Waals surface area contributed by atoms with E-state index in [9.17, 15) is 18.0 Å². The van der Waals surface area contributed by atoms with Crippen LogP contribution in [0.5, 0.6) is 5.75 Å². The standard InChI is InChI=1S/C16H14N6O3.C4H3ClO2S2.ClH/c17-9-5-18-14-13(9)20-7-21-15(14)16(24)19-4-8-1-2-11-10(3-8)22-12(23)6-25-11;5-9(6,7)4-1-2-8-3-4;/h1-3,5,7,18H,4,6,17H2,(H,19,24)(H,22,23);1-3H;1H. The molecule has 5 N–H and O–H groups in total. The van der Waals surface area contributed by atoms with Gasteiger partial charge in [-0.2, -0.15) is 11.3 Å². The van der Waals surface area contributed by atoms with E-state index >= 15 is 0 Å².